The Bertz CT molecular complexity index is 1000. The van der Waals surface area contributed by atoms with Gasteiger partial charge in [-0.15, -0.1) is 0 Å². The zero-order valence-corrected chi connectivity index (χ0v) is 18.0. The Kier molecular flexibility index (Phi) is 5.41. The third kappa shape index (κ3) is 3.74. The van der Waals surface area contributed by atoms with Crippen LogP contribution >= 0.6 is 0 Å². The number of nitrogens with zero attached hydrogens (tertiary/aromatic N) is 1. The van der Waals surface area contributed by atoms with Crippen LogP contribution < -0.4 is 19.7 Å². The van der Waals surface area contributed by atoms with E-state index in [0.29, 0.717) is 31.0 Å². The maximum atomic E-state index is 13.0. The molecule has 2 amide bonds. The maximum absolute atomic E-state index is 13.0. The molecule has 30 heavy (non-hydrogen) atoms. The Hall–Kier alpha value is -3.02. The fourth-order valence-corrected chi connectivity index (χ4v) is 4.10. The van der Waals surface area contributed by atoms with Crippen LogP contribution in [0.5, 0.6) is 11.5 Å². The number of anilines is 2. The summed E-state index contributed by atoms with van der Waals surface area (Å²) in [6, 6.07) is 9.68. The molecule has 0 bridgehead atoms. The van der Waals surface area contributed by atoms with Gasteiger partial charge in [-0.05, 0) is 63.4 Å². The average molecular weight is 408 g/mol. The molecule has 0 saturated carbocycles. The summed E-state index contributed by atoms with van der Waals surface area (Å²) >= 11 is 0. The minimum Gasteiger partial charge on any atom is -0.492 e. The molecule has 6 nitrogen and oxygen atoms in total. The number of aryl methyl sites for hydroxylation is 2. The highest BCUT2D eigenvalue weighted by molar-refractivity contribution is 6.13. The fourth-order valence-electron chi connectivity index (χ4n) is 4.10. The van der Waals surface area contributed by atoms with Crippen LogP contribution in [0, 0.1) is 19.8 Å². The SMILES string of the molecule is CCOc1cc2c(cc1NC(=O)C1CCN(c3ccc(C)c(C)c3)C1=O)OC(C)C2. The van der Waals surface area contributed by atoms with E-state index in [-0.39, 0.29) is 17.9 Å². The Morgan fingerprint density at radius 2 is 2.03 bits per heavy atom. The molecule has 0 aliphatic carbocycles. The zero-order valence-electron chi connectivity index (χ0n) is 18.0. The molecule has 6 heteroatoms. The van der Waals surface area contributed by atoms with Crippen LogP contribution in [0.2, 0.25) is 0 Å². The first kappa shape index (κ1) is 20.3. The van der Waals surface area contributed by atoms with Crippen LogP contribution in [0.3, 0.4) is 0 Å². The van der Waals surface area contributed by atoms with Crippen molar-refractivity contribution in [3.63, 3.8) is 0 Å². The number of nitrogens with one attached hydrogen (secondary N) is 1. The van der Waals surface area contributed by atoms with Crippen molar-refractivity contribution in [2.45, 2.75) is 46.6 Å². The maximum Gasteiger partial charge on any atom is 0.239 e. The second-order valence-corrected chi connectivity index (χ2v) is 8.11. The van der Waals surface area contributed by atoms with Crippen LogP contribution in [0.25, 0.3) is 0 Å². The van der Waals surface area contributed by atoms with Crippen LogP contribution in [0.1, 0.15) is 37.0 Å². The zero-order chi connectivity index (χ0) is 21.4. The van der Waals surface area contributed by atoms with Gasteiger partial charge < -0.3 is 19.7 Å². The third-order valence-electron chi connectivity index (χ3n) is 5.88. The van der Waals surface area contributed by atoms with Gasteiger partial charge in [0.1, 0.15) is 23.5 Å². The number of ether oxygens (including phenoxy) is 2. The quantitative estimate of drug-likeness (QED) is 0.759. The van der Waals surface area contributed by atoms with E-state index in [4.69, 9.17) is 9.47 Å². The van der Waals surface area contributed by atoms with Crippen LogP contribution in [-0.2, 0) is 16.0 Å². The fraction of sp³-hybridized carbons (Fsp3) is 0.417. The molecule has 2 unspecified atom stereocenters. The number of hydrogen-bond donors (Lipinski definition) is 1. The largest absolute Gasteiger partial charge is 0.492 e. The Labute approximate surface area is 177 Å². The molecular weight excluding hydrogens is 380 g/mol. The van der Waals surface area contributed by atoms with E-state index in [9.17, 15) is 9.59 Å². The average Bonchev–Trinajstić information content (AvgIpc) is 3.25. The van der Waals surface area contributed by atoms with Crippen molar-refractivity contribution in [2.24, 2.45) is 5.92 Å². The second kappa shape index (κ2) is 8.01. The van der Waals surface area contributed by atoms with E-state index in [1.54, 1.807) is 4.90 Å². The molecule has 1 saturated heterocycles. The highest BCUT2D eigenvalue weighted by atomic mass is 16.5. The van der Waals surface area contributed by atoms with Gasteiger partial charge in [0.2, 0.25) is 11.8 Å². The summed E-state index contributed by atoms with van der Waals surface area (Å²) in [6.07, 6.45) is 1.40. The van der Waals surface area contributed by atoms with Gasteiger partial charge in [0.25, 0.3) is 0 Å². The van der Waals surface area contributed by atoms with Gasteiger partial charge >= 0.3 is 0 Å². The number of benzene rings is 2. The van der Waals surface area contributed by atoms with E-state index in [0.717, 1.165) is 29.0 Å². The number of rotatable bonds is 5. The van der Waals surface area contributed by atoms with E-state index >= 15 is 0 Å². The molecule has 2 aromatic rings. The summed E-state index contributed by atoms with van der Waals surface area (Å²) in [6.45, 7) is 8.99. The number of carbonyl (C=O) groups is 2. The standard InChI is InChI=1S/C24H28N2O4/c1-5-29-22-12-17-11-16(4)30-21(17)13-20(22)25-23(27)19-8-9-26(24(19)28)18-7-6-14(2)15(3)10-18/h6-7,10,12-13,16,19H,5,8-9,11H2,1-4H3,(H,25,27). The lowest BCUT2D eigenvalue weighted by Crippen LogP contribution is -2.33. The summed E-state index contributed by atoms with van der Waals surface area (Å²) in [7, 11) is 0. The lowest BCUT2D eigenvalue weighted by atomic mass is 10.1. The van der Waals surface area contributed by atoms with Gasteiger partial charge in [-0.25, -0.2) is 0 Å². The van der Waals surface area contributed by atoms with Crippen molar-refractivity contribution in [2.75, 3.05) is 23.4 Å². The minimum absolute atomic E-state index is 0.100. The smallest absolute Gasteiger partial charge is 0.239 e. The molecule has 2 atom stereocenters. The van der Waals surface area contributed by atoms with Crippen molar-refractivity contribution < 1.29 is 19.1 Å². The van der Waals surface area contributed by atoms with Crippen LogP contribution in [0.15, 0.2) is 30.3 Å². The van der Waals surface area contributed by atoms with Gasteiger partial charge in [-0.1, -0.05) is 6.07 Å². The van der Waals surface area contributed by atoms with Gasteiger partial charge in [-0.3, -0.25) is 9.59 Å². The molecule has 1 N–H and O–H groups in total. The van der Waals surface area contributed by atoms with Crippen LogP contribution in [-0.4, -0.2) is 31.1 Å². The Morgan fingerprint density at radius 3 is 2.77 bits per heavy atom. The Balaban J connectivity index is 1.52. The van der Waals surface area contributed by atoms with E-state index in [2.05, 4.69) is 5.32 Å². The normalized spacial score (nSPS) is 20.1. The number of hydrogen-bond acceptors (Lipinski definition) is 4. The second-order valence-electron chi connectivity index (χ2n) is 8.11. The summed E-state index contributed by atoms with van der Waals surface area (Å²) < 4.78 is 11.6. The van der Waals surface area contributed by atoms with Crippen molar-refractivity contribution in [3.05, 3.63) is 47.0 Å². The lowest BCUT2D eigenvalue weighted by molar-refractivity contribution is -0.129. The molecule has 0 aromatic heterocycles. The van der Waals surface area contributed by atoms with E-state index < -0.39 is 5.92 Å². The van der Waals surface area contributed by atoms with E-state index in [1.165, 1.54) is 5.56 Å². The first-order valence-corrected chi connectivity index (χ1v) is 10.5. The van der Waals surface area contributed by atoms with E-state index in [1.807, 2.05) is 58.0 Å². The monoisotopic (exact) mass is 408 g/mol. The predicted molar refractivity (Wildman–Crippen MR) is 116 cm³/mol. The number of fused-ring (bicyclic) bond motifs is 1. The van der Waals surface area contributed by atoms with Crippen molar-refractivity contribution in [3.8, 4) is 11.5 Å². The first-order chi connectivity index (χ1) is 14.4. The molecule has 1 fully saturated rings. The molecule has 2 heterocycles. The summed E-state index contributed by atoms with van der Waals surface area (Å²) in [5, 5.41) is 2.91. The molecule has 2 aromatic carbocycles. The Morgan fingerprint density at radius 1 is 1.23 bits per heavy atom. The predicted octanol–water partition coefficient (Wildman–Crippen LogP) is 4.02. The van der Waals surface area contributed by atoms with Gasteiger partial charge in [0.05, 0.1) is 12.3 Å². The summed E-state index contributed by atoms with van der Waals surface area (Å²) in [5.74, 6) is 0.182. The first-order valence-electron chi connectivity index (χ1n) is 10.5. The minimum atomic E-state index is -0.714. The number of amides is 2. The molecule has 0 radical (unpaired) electrons. The van der Waals surface area contributed by atoms with Crippen molar-refractivity contribution in [1.29, 1.82) is 0 Å². The highest BCUT2D eigenvalue weighted by Gasteiger charge is 2.38. The topological polar surface area (TPSA) is 67.9 Å². The third-order valence-corrected chi connectivity index (χ3v) is 5.88. The van der Waals surface area contributed by atoms with Gasteiger partial charge in [0.15, 0.2) is 0 Å². The van der Waals surface area contributed by atoms with Crippen molar-refractivity contribution >= 4 is 23.2 Å². The van der Waals surface area contributed by atoms with Crippen molar-refractivity contribution in [1.82, 2.24) is 0 Å². The molecule has 4 rings (SSSR count). The summed E-state index contributed by atoms with van der Waals surface area (Å²) in [4.78, 5) is 27.7. The molecule has 2 aliphatic rings. The molecular formula is C24H28N2O4. The van der Waals surface area contributed by atoms with Gasteiger partial charge in [-0.2, -0.15) is 0 Å². The highest BCUT2D eigenvalue weighted by Crippen LogP contribution is 2.38. The lowest BCUT2D eigenvalue weighted by Gasteiger charge is -2.18. The molecule has 158 valence electrons. The molecule has 0 spiro atoms. The van der Waals surface area contributed by atoms with Crippen LogP contribution in [0.4, 0.5) is 11.4 Å². The van der Waals surface area contributed by atoms with Gasteiger partial charge in [0, 0.05) is 30.3 Å². The number of carbonyl (C=O) groups excluding carboxylic acids is 2. The summed E-state index contributed by atoms with van der Waals surface area (Å²) in [5.41, 5.74) is 4.76. The molecule has 2 aliphatic heterocycles.